The number of hydrogen-bond acceptors (Lipinski definition) is 3. The Balaban J connectivity index is 1.61. The molecule has 2 amide bonds. The van der Waals surface area contributed by atoms with E-state index in [0.29, 0.717) is 37.3 Å². The maximum Gasteiger partial charge on any atom is 0.259 e. The Morgan fingerprint density at radius 1 is 0.914 bits per heavy atom. The molecule has 174 valence electrons. The highest BCUT2D eigenvalue weighted by molar-refractivity contribution is 14.1. The zero-order valence-corrected chi connectivity index (χ0v) is 21.9. The van der Waals surface area contributed by atoms with Crippen LogP contribution in [0.15, 0.2) is 101 Å². The first kappa shape index (κ1) is 23.7. The lowest BCUT2D eigenvalue weighted by Crippen LogP contribution is -2.30. The molecule has 0 aliphatic carbocycles. The first-order chi connectivity index (χ1) is 16.9. The molecular weight excluding hydrogens is 595 g/mol. The minimum Gasteiger partial charge on any atom is -0.321 e. The monoisotopic (exact) mass is 612 g/mol. The van der Waals surface area contributed by atoms with E-state index in [9.17, 15) is 13.8 Å². The molecule has 0 saturated heterocycles. The van der Waals surface area contributed by atoms with Crippen molar-refractivity contribution in [1.82, 2.24) is 0 Å². The highest BCUT2D eigenvalue weighted by Gasteiger charge is 2.31. The molecule has 0 unspecified atom stereocenters. The molecule has 1 aliphatic heterocycles. The van der Waals surface area contributed by atoms with Gasteiger partial charge in [0, 0.05) is 14.2 Å². The Kier molecular flexibility index (Phi) is 6.73. The largest absolute Gasteiger partial charge is 0.321 e. The lowest BCUT2D eigenvalue weighted by molar-refractivity contribution is 0.0979. The molecular formula is C27H18ClIN2O3S. The summed E-state index contributed by atoms with van der Waals surface area (Å²) in [6.07, 6.45) is 0. The highest BCUT2D eigenvalue weighted by atomic mass is 127. The summed E-state index contributed by atoms with van der Waals surface area (Å²) in [5, 5.41) is 3.47. The fourth-order valence-electron chi connectivity index (χ4n) is 3.94. The van der Waals surface area contributed by atoms with Gasteiger partial charge < -0.3 is 10.2 Å². The molecule has 1 aliphatic rings. The Bertz CT molecular complexity index is 1510. The van der Waals surface area contributed by atoms with Crippen molar-refractivity contribution < 1.29 is 13.8 Å². The van der Waals surface area contributed by atoms with Gasteiger partial charge in [-0.2, -0.15) is 0 Å². The second-order valence-electron chi connectivity index (χ2n) is 7.90. The number of benzene rings is 4. The average molecular weight is 613 g/mol. The number of nitrogens with zero attached hydrogens (tertiary/aromatic N) is 1. The second-order valence-corrected chi connectivity index (χ2v) is 10.9. The molecule has 1 heterocycles. The number of carbonyl (C=O) groups excluding carboxylic acids is 2. The zero-order chi connectivity index (χ0) is 24.5. The number of rotatable bonds is 4. The van der Waals surface area contributed by atoms with Crippen LogP contribution >= 0.6 is 34.2 Å². The molecule has 0 radical (unpaired) electrons. The first-order valence-electron chi connectivity index (χ1n) is 10.7. The predicted molar refractivity (Wildman–Crippen MR) is 147 cm³/mol. The van der Waals surface area contributed by atoms with Gasteiger partial charge in [0.25, 0.3) is 11.8 Å². The lowest BCUT2D eigenvalue weighted by Gasteiger charge is -2.24. The lowest BCUT2D eigenvalue weighted by atomic mass is 10.1. The minimum absolute atomic E-state index is 0.208. The molecule has 35 heavy (non-hydrogen) atoms. The quantitative estimate of drug-likeness (QED) is 0.267. The first-order valence-corrected chi connectivity index (χ1v) is 13.3. The van der Waals surface area contributed by atoms with Crippen LogP contribution in [0.5, 0.6) is 0 Å². The van der Waals surface area contributed by atoms with E-state index in [1.807, 2.05) is 36.4 Å². The summed E-state index contributed by atoms with van der Waals surface area (Å²) in [6.45, 7) is 0.208. The third kappa shape index (κ3) is 4.76. The van der Waals surface area contributed by atoms with Crippen molar-refractivity contribution in [2.45, 2.75) is 16.3 Å². The Hall–Kier alpha value is -3.01. The van der Waals surface area contributed by atoms with Crippen LogP contribution in [0.1, 0.15) is 26.3 Å². The fourth-order valence-corrected chi connectivity index (χ4v) is 6.02. The van der Waals surface area contributed by atoms with Gasteiger partial charge in [-0.15, -0.1) is 0 Å². The van der Waals surface area contributed by atoms with Gasteiger partial charge in [0.05, 0.1) is 44.1 Å². The normalized spacial score (nSPS) is 14.6. The highest BCUT2D eigenvalue weighted by Crippen LogP contribution is 2.36. The van der Waals surface area contributed by atoms with Gasteiger partial charge in [0.1, 0.15) is 0 Å². The van der Waals surface area contributed by atoms with Crippen molar-refractivity contribution in [3.05, 3.63) is 116 Å². The number of nitrogens with one attached hydrogen (secondary N) is 1. The van der Waals surface area contributed by atoms with Crippen LogP contribution in [0.2, 0.25) is 5.02 Å². The van der Waals surface area contributed by atoms with Crippen molar-refractivity contribution in [3.8, 4) is 0 Å². The van der Waals surface area contributed by atoms with Crippen molar-refractivity contribution in [1.29, 1.82) is 0 Å². The molecule has 8 heteroatoms. The van der Waals surface area contributed by atoms with E-state index in [0.717, 1.165) is 9.13 Å². The summed E-state index contributed by atoms with van der Waals surface area (Å²) in [7, 11) is -1.60. The maximum atomic E-state index is 13.7. The molecule has 1 N–H and O–H groups in total. The molecule has 1 atom stereocenters. The molecule has 4 aromatic rings. The summed E-state index contributed by atoms with van der Waals surface area (Å²) in [6, 6.07) is 26.5. The number of carbonyl (C=O) groups is 2. The summed E-state index contributed by atoms with van der Waals surface area (Å²) in [4.78, 5) is 29.3. The zero-order valence-electron chi connectivity index (χ0n) is 18.2. The van der Waals surface area contributed by atoms with E-state index < -0.39 is 10.8 Å². The summed E-state index contributed by atoms with van der Waals surface area (Å²) < 4.78 is 14.5. The SMILES string of the molecule is O=C(Nc1ccccc1I)c1ccc2c(c1)N(Cc1cccc(Cl)c1)C(=O)c1ccccc1[S@@]2=O. The number of fused-ring (bicyclic) bond motifs is 2. The van der Waals surface area contributed by atoms with Gasteiger partial charge in [0.2, 0.25) is 0 Å². The van der Waals surface area contributed by atoms with Crippen LogP contribution in [-0.2, 0) is 17.3 Å². The van der Waals surface area contributed by atoms with Crippen LogP contribution in [0.25, 0.3) is 0 Å². The number of hydrogen-bond donors (Lipinski definition) is 1. The number of halogens is 2. The third-order valence-electron chi connectivity index (χ3n) is 5.63. The Morgan fingerprint density at radius 3 is 2.49 bits per heavy atom. The van der Waals surface area contributed by atoms with E-state index in [-0.39, 0.29) is 18.4 Å². The van der Waals surface area contributed by atoms with Crippen LogP contribution in [0, 0.1) is 3.57 Å². The predicted octanol–water partition coefficient (Wildman–Crippen LogP) is 6.52. The molecule has 0 bridgehead atoms. The van der Waals surface area contributed by atoms with E-state index in [2.05, 4.69) is 27.9 Å². The van der Waals surface area contributed by atoms with Crippen LogP contribution in [0.3, 0.4) is 0 Å². The third-order valence-corrected chi connectivity index (χ3v) is 8.30. The molecule has 0 spiro atoms. The average Bonchev–Trinajstić information content (AvgIpc) is 2.95. The molecule has 0 fully saturated rings. The van der Waals surface area contributed by atoms with Crippen LogP contribution < -0.4 is 10.2 Å². The van der Waals surface area contributed by atoms with Gasteiger partial charge in [0.15, 0.2) is 0 Å². The van der Waals surface area contributed by atoms with E-state index in [4.69, 9.17) is 11.6 Å². The molecule has 0 saturated carbocycles. The number of amides is 2. The van der Waals surface area contributed by atoms with Crippen molar-refractivity contribution >= 4 is 68.2 Å². The van der Waals surface area contributed by atoms with Gasteiger partial charge in [-0.05, 0) is 82.8 Å². The second kappa shape index (κ2) is 9.93. The molecule has 5 nitrogen and oxygen atoms in total. The van der Waals surface area contributed by atoms with Gasteiger partial charge in [-0.1, -0.05) is 48.0 Å². The Labute approximate surface area is 223 Å². The van der Waals surface area contributed by atoms with Crippen molar-refractivity contribution in [3.63, 3.8) is 0 Å². The van der Waals surface area contributed by atoms with Gasteiger partial charge in [-0.3, -0.25) is 9.59 Å². The molecule has 0 aromatic heterocycles. The summed E-state index contributed by atoms with van der Waals surface area (Å²) >= 11 is 8.34. The Morgan fingerprint density at radius 2 is 1.69 bits per heavy atom. The number of para-hydroxylation sites is 1. The standard InChI is InChI=1S/C27H18ClIN2O3S/c28-19-7-5-6-17(14-19)16-31-23-15-18(26(32)30-22-10-3-2-9-21(22)29)12-13-25(23)35(34)24-11-4-1-8-20(24)27(31)33/h1-15H,16H2,(H,30,32)/t35-/m0/s1. The van der Waals surface area contributed by atoms with E-state index in [1.165, 1.54) is 0 Å². The van der Waals surface area contributed by atoms with Crippen LogP contribution in [-0.4, -0.2) is 16.0 Å². The van der Waals surface area contributed by atoms with Gasteiger partial charge >= 0.3 is 0 Å². The molecule has 4 aromatic carbocycles. The fraction of sp³-hybridized carbons (Fsp3) is 0.0370. The minimum atomic E-state index is -1.60. The maximum absolute atomic E-state index is 13.7. The van der Waals surface area contributed by atoms with E-state index in [1.54, 1.807) is 59.5 Å². The number of anilines is 2. The van der Waals surface area contributed by atoms with Crippen molar-refractivity contribution in [2.24, 2.45) is 0 Å². The van der Waals surface area contributed by atoms with Crippen molar-refractivity contribution in [2.75, 3.05) is 10.2 Å². The summed E-state index contributed by atoms with van der Waals surface area (Å²) in [5.74, 6) is -0.609. The van der Waals surface area contributed by atoms with Crippen LogP contribution in [0.4, 0.5) is 11.4 Å². The van der Waals surface area contributed by atoms with E-state index >= 15 is 0 Å². The topological polar surface area (TPSA) is 66.5 Å². The molecule has 5 rings (SSSR count). The van der Waals surface area contributed by atoms with Gasteiger partial charge in [-0.25, -0.2) is 4.21 Å². The smallest absolute Gasteiger partial charge is 0.259 e. The summed E-state index contributed by atoms with van der Waals surface area (Å²) in [5.41, 5.74) is 2.66.